The lowest BCUT2D eigenvalue weighted by atomic mass is 10.0. The quantitative estimate of drug-likeness (QED) is 0.710. The molecule has 0 saturated carbocycles. The van der Waals surface area contributed by atoms with E-state index in [1.807, 2.05) is 6.92 Å². The van der Waals surface area contributed by atoms with E-state index in [9.17, 15) is 8.96 Å². The standard InChI is InChI=1S/C7H14FO5P/c1-5-3-7(8,13-6(5)2)4-12-14(9,10)11/h5-6H,3-4H2,1-2H3,(H2,9,10,11)/t5-,6-,7-/m0/s1. The van der Waals surface area contributed by atoms with E-state index in [0.29, 0.717) is 0 Å². The Morgan fingerprint density at radius 1 is 1.64 bits per heavy atom. The molecule has 84 valence electrons. The first-order chi connectivity index (χ1) is 6.22. The van der Waals surface area contributed by atoms with Crippen LogP contribution in [-0.4, -0.2) is 28.4 Å². The van der Waals surface area contributed by atoms with E-state index in [0.717, 1.165) is 0 Å². The van der Waals surface area contributed by atoms with E-state index in [-0.39, 0.29) is 18.4 Å². The summed E-state index contributed by atoms with van der Waals surface area (Å²) in [5, 5.41) is 0. The van der Waals surface area contributed by atoms with Gasteiger partial charge in [-0.15, -0.1) is 0 Å². The summed E-state index contributed by atoms with van der Waals surface area (Å²) in [6.45, 7) is 2.79. The lowest BCUT2D eigenvalue weighted by Crippen LogP contribution is -2.28. The van der Waals surface area contributed by atoms with Crippen LogP contribution in [0, 0.1) is 5.92 Å². The zero-order valence-corrected chi connectivity index (χ0v) is 8.91. The van der Waals surface area contributed by atoms with E-state index in [1.54, 1.807) is 6.92 Å². The van der Waals surface area contributed by atoms with Crippen LogP contribution in [0.25, 0.3) is 0 Å². The van der Waals surface area contributed by atoms with Crippen molar-refractivity contribution in [2.24, 2.45) is 5.92 Å². The van der Waals surface area contributed by atoms with Gasteiger partial charge in [0.05, 0.1) is 6.10 Å². The Bertz CT molecular complexity index is 242. The van der Waals surface area contributed by atoms with E-state index in [4.69, 9.17) is 14.5 Å². The maximum atomic E-state index is 13.7. The molecule has 0 aromatic heterocycles. The van der Waals surface area contributed by atoms with Crippen molar-refractivity contribution in [1.29, 1.82) is 0 Å². The monoisotopic (exact) mass is 228 g/mol. The number of rotatable bonds is 3. The van der Waals surface area contributed by atoms with Gasteiger partial charge in [0.15, 0.2) is 0 Å². The number of hydrogen-bond acceptors (Lipinski definition) is 3. The van der Waals surface area contributed by atoms with E-state index in [1.165, 1.54) is 0 Å². The first-order valence-electron chi connectivity index (χ1n) is 4.29. The molecule has 0 unspecified atom stereocenters. The second-order valence-electron chi connectivity index (χ2n) is 3.65. The number of phosphoric acid groups is 1. The summed E-state index contributed by atoms with van der Waals surface area (Å²) in [6, 6.07) is 0. The second-order valence-corrected chi connectivity index (χ2v) is 4.89. The topological polar surface area (TPSA) is 76.0 Å². The average molecular weight is 228 g/mol. The predicted octanol–water partition coefficient (Wildman–Crippen LogP) is 1.21. The molecule has 0 radical (unpaired) electrons. The fraction of sp³-hybridized carbons (Fsp3) is 1.00. The highest BCUT2D eigenvalue weighted by Gasteiger charge is 2.44. The molecule has 1 aliphatic heterocycles. The van der Waals surface area contributed by atoms with Crippen molar-refractivity contribution in [3.63, 3.8) is 0 Å². The van der Waals surface area contributed by atoms with Crippen molar-refractivity contribution in [3.8, 4) is 0 Å². The Morgan fingerprint density at radius 3 is 2.57 bits per heavy atom. The van der Waals surface area contributed by atoms with Crippen molar-refractivity contribution >= 4 is 7.82 Å². The molecule has 0 aromatic rings. The van der Waals surface area contributed by atoms with Crippen molar-refractivity contribution < 1.29 is 28.0 Å². The molecule has 7 heteroatoms. The van der Waals surface area contributed by atoms with Crippen molar-refractivity contribution in [1.82, 2.24) is 0 Å². The SMILES string of the molecule is C[C@@H]1O[C@](F)(COP(=O)(O)O)C[C@@H]1C. The fourth-order valence-corrected chi connectivity index (χ4v) is 1.78. The minimum absolute atomic E-state index is 0.0142. The van der Waals surface area contributed by atoms with Crippen LogP contribution < -0.4 is 0 Å². The van der Waals surface area contributed by atoms with E-state index >= 15 is 0 Å². The van der Waals surface area contributed by atoms with Crippen LogP contribution in [0.3, 0.4) is 0 Å². The van der Waals surface area contributed by atoms with Crippen LogP contribution in [0.5, 0.6) is 0 Å². The molecular weight excluding hydrogens is 214 g/mol. The number of halogens is 1. The van der Waals surface area contributed by atoms with Crippen LogP contribution in [0.1, 0.15) is 20.3 Å². The molecule has 14 heavy (non-hydrogen) atoms. The molecule has 1 rings (SSSR count). The van der Waals surface area contributed by atoms with Gasteiger partial charge in [-0.2, -0.15) is 0 Å². The summed E-state index contributed by atoms with van der Waals surface area (Å²) in [4.78, 5) is 16.8. The van der Waals surface area contributed by atoms with Gasteiger partial charge in [-0.1, -0.05) is 6.92 Å². The molecule has 5 nitrogen and oxygen atoms in total. The van der Waals surface area contributed by atoms with Crippen LogP contribution in [0.15, 0.2) is 0 Å². The van der Waals surface area contributed by atoms with Crippen LogP contribution >= 0.6 is 7.82 Å². The van der Waals surface area contributed by atoms with Gasteiger partial charge in [0, 0.05) is 6.42 Å². The number of ether oxygens (including phenoxy) is 1. The molecule has 1 saturated heterocycles. The summed E-state index contributed by atoms with van der Waals surface area (Å²) in [6.07, 6.45) is -0.172. The third-order valence-electron chi connectivity index (χ3n) is 2.27. The molecule has 0 aliphatic carbocycles. The molecule has 1 heterocycles. The Morgan fingerprint density at radius 2 is 2.21 bits per heavy atom. The van der Waals surface area contributed by atoms with Crippen LogP contribution in [-0.2, 0) is 13.8 Å². The van der Waals surface area contributed by atoms with Gasteiger partial charge in [0.2, 0.25) is 5.85 Å². The molecule has 2 N–H and O–H groups in total. The van der Waals surface area contributed by atoms with Gasteiger partial charge in [0.1, 0.15) is 6.61 Å². The van der Waals surface area contributed by atoms with Crippen molar-refractivity contribution in [2.45, 2.75) is 32.2 Å². The van der Waals surface area contributed by atoms with Gasteiger partial charge in [0.25, 0.3) is 0 Å². The molecule has 3 atom stereocenters. The van der Waals surface area contributed by atoms with Gasteiger partial charge >= 0.3 is 7.82 Å². The van der Waals surface area contributed by atoms with Crippen molar-refractivity contribution in [2.75, 3.05) is 6.61 Å². The molecular formula is C7H14FO5P. The molecule has 1 fully saturated rings. The third-order valence-corrected chi connectivity index (χ3v) is 2.74. The molecule has 0 amide bonds. The average Bonchev–Trinajstić information content (AvgIpc) is 2.23. The summed E-state index contributed by atoms with van der Waals surface area (Å²) in [5.41, 5.74) is 0. The highest BCUT2D eigenvalue weighted by Crippen LogP contribution is 2.42. The zero-order valence-electron chi connectivity index (χ0n) is 8.01. The minimum Gasteiger partial charge on any atom is -0.341 e. The fourth-order valence-electron chi connectivity index (χ4n) is 1.42. The number of hydrogen-bond donors (Lipinski definition) is 2. The number of alkyl halides is 1. The number of phosphoric ester groups is 1. The zero-order chi connectivity index (χ0) is 11.0. The summed E-state index contributed by atoms with van der Waals surface area (Å²) < 4.78 is 33.0. The van der Waals surface area contributed by atoms with Crippen LogP contribution in [0.4, 0.5) is 4.39 Å². The molecule has 1 aliphatic rings. The Labute approximate surface area is 81.5 Å². The molecule has 0 bridgehead atoms. The molecule has 0 aromatic carbocycles. The smallest absolute Gasteiger partial charge is 0.341 e. The van der Waals surface area contributed by atoms with E-state index < -0.39 is 20.3 Å². The van der Waals surface area contributed by atoms with Gasteiger partial charge in [-0.3, -0.25) is 4.52 Å². The second kappa shape index (κ2) is 3.87. The Kier molecular flexibility index (Phi) is 3.33. The highest BCUT2D eigenvalue weighted by molar-refractivity contribution is 7.46. The van der Waals surface area contributed by atoms with Crippen molar-refractivity contribution in [3.05, 3.63) is 0 Å². The minimum atomic E-state index is -4.62. The predicted molar refractivity (Wildman–Crippen MR) is 46.2 cm³/mol. The largest absolute Gasteiger partial charge is 0.469 e. The Hall–Kier alpha value is -0.0000000000000000416. The Balaban J connectivity index is 2.49. The summed E-state index contributed by atoms with van der Waals surface area (Å²) in [7, 11) is -4.62. The maximum absolute atomic E-state index is 13.7. The third kappa shape index (κ3) is 3.29. The lowest BCUT2D eigenvalue weighted by Gasteiger charge is -2.19. The van der Waals surface area contributed by atoms with Crippen LogP contribution in [0.2, 0.25) is 0 Å². The first kappa shape index (κ1) is 12.1. The maximum Gasteiger partial charge on any atom is 0.469 e. The molecule has 0 spiro atoms. The first-order valence-corrected chi connectivity index (χ1v) is 5.82. The lowest BCUT2D eigenvalue weighted by molar-refractivity contribution is -0.153. The van der Waals surface area contributed by atoms with Gasteiger partial charge in [-0.05, 0) is 12.8 Å². The highest BCUT2D eigenvalue weighted by atomic mass is 31.2. The normalized spacial score (nSPS) is 38.9. The summed E-state index contributed by atoms with van der Waals surface area (Å²) >= 11 is 0. The van der Waals surface area contributed by atoms with Gasteiger partial charge < -0.3 is 14.5 Å². The van der Waals surface area contributed by atoms with E-state index in [2.05, 4.69) is 4.52 Å². The summed E-state index contributed by atoms with van der Waals surface area (Å²) in [5.74, 6) is -2.06. The van der Waals surface area contributed by atoms with Gasteiger partial charge in [-0.25, -0.2) is 8.96 Å².